The smallest absolute Gasteiger partial charge is 0.246 e. The molecule has 0 saturated heterocycles. The molecule has 1 amide bonds. The molecule has 1 unspecified atom stereocenters. The van der Waals surface area contributed by atoms with Crippen LogP contribution < -0.4 is 5.73 Å². The number of primary amides is 1. The highest BCUT2D eigenvalue weighted by molar-refractivity contribution is 5.91. The fourth-order valence-electron chi connectivity index (χ4n) is 1.29. The second kappa shape index (κ2) is 3.58. The van der Waals surface area contributed by atoms with Gasteiger partial charge in [-0.3, -0.25) is 4.79 Å². The zero-order valence-electron chi connectivity index (χ0n) is 7.16. The summed E-state index contributed by atoms with van der Waals surface area (Å²) >= 11 is 0. The predicted molar refractivity (Wildman–Crippen MR) is 44.9 cm³/mol. The van der Waals surface area contributed by atoms with Crippen LogP contribution in [0.4, 0.5) is 0 Å². The van der Waals surface area contributed by atoms with Crippen LogP contribution in [0, 0.1) is 0 Å². The molecule has 4 nitrogen and oxygen atoms in total. The number of hydrogen-bond acceptors (Lipinski definition) is 3. The van der Waals surface area contributed by atoms with Gasteiger partial charge in [-0.2, -0.15) is 0 Å². The first-order chi connectivity index (χ1) is 5.65. The molecule has 1 aliphatic rings. The highest BCUT2D eigenvalue weighted by atomic mass is 16.3. The van der Waals surface area contributed by atoms with Gasteiger partial charge in [0.2, 0.25) is 5.91 Å². The summed E-state index contributed by atoms with van der Waals surface area (Å²) in [6.07, 6.45) is 2.35. The van der Waals surface area contributed by atoms with E-state index in [1.165, 1.54) is 0 Å². The normalized spacial score (nSPS) is 23.7. The molecule has 1 atom stereocenters. The molecule has 0 radical (unpaired) electrons. The number of aliphatic hydroxyl groups is 1. The fraction of sp³-hybridized carbons (Fsp3) is 0.625. The van der Waals surface area contributed by atoms with Gasteiger partial charge in [-0.15, -0.1) is 0 Å². The van der Waals surface area contributed by atoms with Crippen molar-refractivity contribution in [1.82, 2.24) is 4.90 Å². The molecule has 68 valence electrons. The lowest BCUT2D eigenvalue weighted by Gasteiger charge is -2.29. The van der Waals surface area contributed by atoms with E-state index in [0.29, 0.717) is 25.0 Å². The average Bonchev–Trinajstić information content (AvgIpc) is 2.05. The van der Waals surface area contributed by atoms with Crippen LogP contribution in [-0.2, 0) is 4.79 Å². The Labute approximate surface area is 71.7 Å². The number of carbonyl (C=O) groups is 1. The number of amides is 1. The standard InChI is InChI=1S/C8H14N2O2/c1-2-10-5-6(8(9)12)3-4-7(10)11/h5,7,11H,2-4H2,1H3,(H2,9,12). The van der Waals surface area contributed by atoms with Gasteiger partial charge in [-0.25, -0.2) is 0 Å². The Bertz CT molecular complexity index is 213. The first kappa shape index (κ1) is 9.06. The van der Waals surface area contributed by atoms with Crippen LogP contribution in [-0.4, -0.2) is 28.7 Å². The van der Waals surface area contributed by atoms with Crippen molar-refractivity contribution in [2.75, 3.05) is 6.54 Å². The van der Waals surface area contributed by atoms with Crippen molar-refractivity contribution in [2.24, 2.45) is 5.73 Å². The Morgan fingerprint density at radius 1 is 1.92 bits per heavy atom. The molecule has 0 spiro atoms. The van der Waals surface area contributed by atoms with Crippen LogP contribution in [0.5, 0.6) is 0 Å². The van der Waals surface area contributed by atoms with Gasteiger partial charge in [0.05, 0.1) is 0 Å². The van der Waals surface area contributed by atoms with Crippen molar-refractivity contribution in [3.8, 4) is 0 Å². The van der Waals surface area contributed by atoms with Crippen molar-refractivity contribution in [2.45, 2.75) is 26.0 Å². The van der Waals surface area contributed by atoms with Crippen molar-refractivity contribution < 1.29 is 9.90 Å². The second-order valence-electron chi connectivity index (χ2n) is 2.87. The minimum absolute atomic E-state index is 0.389. The van der Waals surface area contributed by atoms with E-state index in [-0.39, 0.29) is 5.91 Å². The largest absolute Gasteiger partial charge is 0.374 e. The molecular weight excluding hydrogens is 156 g/mol. The summed E-state index contributed by atoms with van der Waals surface area (Å²) in [7, 11) is 0. The summed E-state index contributed by atoms with van der Waals surface area (Å²) in [5.41, 5.74) is 5.71. The molecule has 0 fully saturated rings. The average molecular weight is 170 g/mol. The van der Waals surface area contributed by atoms with E-state index in [0.717, 1.165) is 0 Å². The maximum Gasteiger partial charge on any atom is 0.246 e. The quantitative estimate of drug-likeness (QED) is 0.602. The zero-order valence-corrected chi connectivity index (χ0v) is 7.16. The highest BCUT2D eigenvalue weighted by Gasteiger charge is 2.19. The van der Waals surface area contributed by atoms with Crippen LogP contribution in [0.1, 0.15) is 19.8 Å². The molecule has 0 saturated carbocycles. The Morgan fingerprint density at radius 3 is 3.08 bits per heavy atom. The molecule has 0 bridgehead atoms. The van der Waals surface area contributed by atoms with Crippen molar-refractivity contribution in [3.05, 3.63) is 11.8 Å². The number of hydrogen-bond donors (Lipinski definition) is 2. The first-order valence-corrected chi connectivity index (χ1v) is 4.09. The molecule has 1 rings (SSSR count). The molecule has 1 aliphatic heterocycles. The molecule has 3 N–H and O–H groups in total. The van der Waals surface area contributed by atoms with Crippen molar-refractivity contribution >= 4 is 5.91 Å². The summed E-state index contributed by atoms with van der Waals surface area (Å²) < 4.78 is 0. The van der Waals surface area contributed by atoms with E-state index in [2.05, 4.69) is 0 Å². The van der Waals surface area contributed by atoms with Crippen LogP contribution in [0.25, 0.3) is 0 Å². The Kier molecular flexibility index (Phi) is 2.70. The fourth-order valence-corrected chi connectivity index (χ4v) is 1.29. The molecule has 4 heteroatoms. The Hall–Kier alpha value is -1.03. The molecule has 0 aromatic heterocycles. The summed E-state index contributed by atoms with van der Waals surface area (Å²) in [5.74, 6) is -0.389. The molecule has 12 heavy (non-hydrogen) atoms. The predicted octanol–water partition coefficient (Wildman–Crippen LogP) is -0.210. The number of nitrogens with zero attached hydrogens (tertiary/aromatic N) is 1. The van der Waals surface area contributed by atoms with E-state index in [1.54, 1.807) is 11.1 Å². The summed E-state index contributed by atoms with van der Waals surface area (Å²) in [4.78, 5) is 12.5. The van der Waals surface area contributed by atoms with Crippen molar-refractivity contribution in [3.63, 3.8) is 0 Å². The maximum atomic E-state index is 10.8. The number of carbonyl (C=O) groups excluding carboxylic acids is 1. The molecule has 1 heterocycles. The molecular formula is C8H14N2O2. The third kappa shape index (κ3) is 1.76. The summed E-state index contributed by atoms with van der Waals surface area (Å²) in [5, 5.41) is 9.40. The lowest BCUT2D eigenvalue weighted by molar-refractivity contribution is -0.115. The minimum Gasteiger partial charge on any atom is -0.374 e. The van der Waals surface area contributed by atoms with E-state index < -0.39 is 6.23 Å². The zero-order chi connectivity index (χ0) is 9.14. The van der Waals surface area contributed by atoms with Crippen LogP contribution >= 0.6 is 0 Å². The van der Waals surface area contributed by atoms with Gasteiger partial charge in [0.1, 0.15) is 6.23 Å². The third-order valence-corrected chi connectivity index (χ3v) is 2.06. The summed E-state index contributed by atoms with van der Waals surface area (Å²) in [6, 6.07) is 0. The third-order valence-electron chi connectivity index (χ3n) is 2.06. The van der Waals surface area contributed by atoms with E-state index in [9.17, 15) is 9.90 Å². The molecule has 0 aliphatic carbocycles. The van der Waals surface area contributed by atoms with Gasteiger partial charge < -0.3 is 15.7 Å². The van der Waals surface area contributed by atoms with Crippen LogP contribution in [0.2, 0.25) is 0 Å². The SMILES string of the molecule is CCN1C=C(C(N)=O)CCC1O. The van der Waals surface area contributed by atoms with E-state index in [1.807, 2.05) is 6.92 Å². The number of rotatable bonds is 2. The van der Waals surface area contributed by atoms with Gasteiger partial charge in [0.25, 0.3) is 0 Å². The Balaban J connectivity index is 2.73. The molecule has 0 aromatic rings. The van der Waals surface area contributed by atoms with Crippen LogP contribution in [0.15, 0.2) is 11.8 Å². The van der Waals surface area contributed by atoms with Gasteiger partial charge in [0, 0.05) is 18.3 Å². The summed E-state index contributed by atoms with van der Waals surface area (Å²) in [6.45, 7) is 2.61. The van der Waals surface area contributed by atoms with Gasteiger partial charge in [-0.1, -0.05) is 0 Å². The maximum absolute atomic E-state index is 10.8. The topological polar surface area (TPSA) is 66.6 Å². The van der Waals surface area contributed by atoms with Crippen molar-refractivity contribution in [1.29, 1.82) is 0 Å². The minimum atomic E-state index is -0.460. The van der Waals surface area contributed by atoms with Gasteiger partial charge >= 0.3 is 0 Å². The number of nitrogens with two attached hydrogens (primary N) is 1. The first-order valence-electron chi connectivity index (χ1n) is 4.09. The van der Waals surface area contributed by atoms with E-state index >= 15 is 0 Å². The lowest BCUT2D eigenvalue weighted by atomic mass is 10.1. The number of aliphatic hydroxyl groups excluding tert-OH is 1. The molecule has 0 aromatic carbocycles. The lowest BCUT2D eigenvalue weighted by Crippen LogP contribution is -2.35. The monoisotopic (exact) mass is 170 g/mol. The van der Waals surface area contributed by atoms with Crippen LogP contribution in [0.3, 0.4) is 0 Å². The Morgan fingerprint density at radius 2 is 2.58 bits per heavy atom. The van der Waals surface area contributed by atoms with E-state index in [4.69, 9.17) is 5.73 Å². The highest BCUT2D eigenvalue weighted by Crippen LogP contribution is 2.17. The van der Waals surface area contributed by atoms with Gasteiger partial charge in [-0.05, 0) is 19.8 Å². The van der Waals surface area contributed by atoms with Gasteiger partial charge in [0.15, 0.2) is 0 Å². The second-order valence-corrected chi connectivity index (χ2v) is 2.87.